The van der Waals surface area contributed by atoms with Crippen molar-refractivity contribution in [2.45, 2.75) is 32.6 Å². The molecule has 3 nitrogen and oxygen atoms in total. The zero-order valence-electron chi connectivity index (χ0n) is 11.8. The number of hydrogen-bond acceptors (Lipinski definition) is 2. The normalized spacial score (nSPS) is 19.2. The molecule has 6 heteroatoms. The summed E-state index contributed by atoms with van der Waals surface area (Å²) in [5.41, 5.74) is -0.0551. The minimum Gasteiger partial charge on any atom is -0.494 e. The summed E-state index contributed by atoms with van der Waals surface area (Å²) in [5, 5.41) is 14.0. The Labute approximate surface area is 120 Å². The lowest BCUT2D eigenvalue weighted by molar-refractivity contribution is -0.136. The van der Waals surface area contributed by atoms with Gasteiger partial charge in [0.1, 0.15) is 0 Å². The van der Waals surface area contributed by atoms with Crippen LogP contribution in [0.15, 0.2) is 18.2 Å². The summed E-state index contributed by atoms with van der Waals surface area (Å²) < 4.78 is 41.2. The lowest BCUT2D eigenvalue weighted by Crippen LogP contribution is -2.35. The average molecular weight is 298 g/mol. The van der Waals surface area contributed by atoms with Crippen LogP contribution in [0.25, 0.3) is 10.8 Å². The van der Waals surface area contributed by atoms with E-state index in [2.05, 4.69) is 5.32 Å². The van der Waals surface area contributed by atoms with Crippen molar-refractivity contribution in [2.24, 2.45) is 5.92 Å². The summed E-state index contributed by atoms with van der Waals surface area (Å²) in [7, 11) is 0. The molecule has 1 aromatic heterocycles. The first-order chi connectivity index (χ1) is 9.82. The molecule has 2 N–H and O–H groups in total. The predicted octanol–water partition coefficient (Wildman–Crippen LogP) is 3.67. The molecule has 0 spiro atoms. The van der Waals surface area contributed by atoms with Crippen LogP contribution < -0.4 is 5.32 Å². The molecule has 114 valence electrons. The van der Waals surface area contributed by atoms with Crippen molar-refractivity contribution in [3.05, 3.63) is 29.5 Å². The van der Waals surface area contributed by atoms with E-state index in [4.69, 9.17) is 0 Å². The summed E-state index contributed by atoms with van der Waals surface area (Å²) in [6, 6.07) is 4.00. The number of aromatic hydroxyl groups is 1. The van der Waals surface area contributed by atoms with Crippen LogP contribution in [0.1, 0.15) is 31.1 Å². The minimum atomic E-state index is -4.48. The van der Waals surface area contributed by atoms with Crippen LogP contribution in [0.3, 0.4) is 0 Å². The largest absolute Gasteiger partial charge is 0.494 e. The van der Waals surface area contributed by atoms with E-state index in [1.54, 1.807) is 10.6 Å². The quantitative estimate of drug-likeness (QED) is 0.843. The van der Waals surface area contributed by atoms with E-state index in [0.717, 1.165) is 11.8 Å². The highest BCUT2D eigenvalue weighted by atomic mass is 19.4. The summed E-state index contributed by atoms with van der Waals surface area (Å²) in [5.74, 6) is -0.0632. The van der Waals surface area contributed by atoms with E-state index in [1.807, 2.05) is 13.8 Å². The number of nitrogens with one attached hydrogen (secondary N) is 1. The van der Waals surface area contributed by atoms with E-state index in [-0.39, 0.29) is 23.2 Å². The highest BCUT2D eigenvalue weighted by Crippen LogP contribution is 2.44. The van der Waals surface area contributed by atoms with Gasteiger partial charge in [0.25, 0.3) is 0 Å². The second-order valence-corrected chi connectivity index (χ2v) is 5.81. The predicted molar refractivity (Wildman–Crippen MR) is 74.2 cm³/mol. The van der Waals surface area contributed by atoms with Crippen molar-refractivity contribution in [1.82, 2.24) is 9.88 Å². The maximum absolute atomic E-state index is 13.2. The van der Waals surface area contributed by atoms with Gasteiger partial charge < -0.3 is 15.0 Å². The number of halogens is 3. The molecule has 2 aromatic rings. The van der Waals surface area contributed by atoms with E-state index < -0.39 is 11.7 Å². The third kappa shape index (κ3) is 2.09. The van der Waals surface area contributed by atoms with Gasteiger partial charge in [0.05, 0.1) is 17.0 Å². The van der Waals surface area contributed by atoms with Gasteiger partial charge in [-0.15, -0.1) is 0 Å². The maximum Gasteiger partial charge on any atom is 0.417 e. The van der Waals surface area contributed by atoms with Crippen LogP contribution in [0.2, 0.25) is 0 Å². The van der Waals surface area contributed by atoms with Crippen molar-refractivity contribution in [1.29, 1.82) is 0 Å². The van der Waals surface area contributed by atoms with Gasteiger partial charge in [-0.05, 0) is 12.0 Å². The van der Waals surface area contributed by atoms with Crippen LogP contribution in [-0.2, 0) is 12.7 Å². The third-order valence-electron chi connectivity index (χ3n) is 4.17. The Balaban J connectivity index is 2.35. The van der Waals surface area contributed by atoms with Gasteiger partial charge in [-0.25, -0.2) is 0 Å². The van der Waals surface area contributed by atoms with E-state index in [0.29, 0.717) is 18.5 Å². The molecule has 0 bridgehead atoms. The highest BCUT2D eigenvalue weighted by molar-refractivity contribution is 5.94. The molecule has 3 rings (SSSR count). The topological polar surface area (TPSA) is 37.2 Å². The van der Waals surface area contributed by atoms with E-state index in [9.17, 15) is 18.3 Å². The molecule has 0 saturated carbocycles. The van der Waals surface area contributed by atoms with Gasteiger partial charge in [-0.3, -0.25) is 0 Å². The smallest absolute Gasteiger partial charge is 0.417 e. The Hall–Kier alpha value is -1.69. The molecule has 1 atom stereocenters. The van der Waals surface area contributed by atoms with Crippen molar-refractivity contribution >= 4 is 10.8 Å². The van der Waals surface area contributed by atoms with Crippen molar-refractivity contribution < 1.29 is 18.3 Å². The van der Waals surface area contributed by atoms with Gasteiger partial charge in [-0.2, -0.15) is 13.2 Å². The SMILES string of the molecule is CC(C)[C@H]1CNCc2c3cccc(C(F)(F)F)c3c(O)n21. The van der Waals surface area contributed by atoms with Crippen molar-refractivity contribution in [3.8, 4) is 5.88 Å². The molecule has 21 heavy (non-hydrogen) atoms. The van der Waals surface area contributed by atoms with Gasteiger partial charge in [0.15, 0.2) is 5.88 Å². The van der Waals surface area contributed by atoms with Crippen molar-refractivity contribution in [2.75, 3.05) is 6.54 Å². The summed E-state index contributed by atoms with van der Waals surface area (Å²) in [6.07, 6.45) is -4.48. The Morgan fingerprint density at radius 1 is 1.33 bits per heavy atom. The standard InChI is InChI=1S/C15H17F3N2O/c1-8(2)11-6-19-7-12-9-4-3-5-10(15(16,17)18)13(9)14(21)20(11)12/h3-5,8,11,19,21H,6-7H2,1-2H3/t11-/m1/s1. The molecule has 1 aliphatic rings. The van der Waals surface area contributed by atoms with E-state index >= 15 is 0 Å². The summed E-state index contributed by atoms with van der Waals surface area (Å²) in [4.78, 5) is 0. The van der Waals surface area contributed by atoms with Crippen LogP contribution in [0, 0.1) is 5.92 Å². The molecule has 0 saturated heterocycles. The van der Waals surface area contributed by atoms with Gasteiger partial charge in [0.2, 0.25) is 0 Å². The molecule has 1 aliphatic heterocycles. The Morgan fingerprint density at radius 3 is 2.67 bits per heavy atom. The number of hydrogen-bond donors (Lipinski definition) is 2. The number of rotatable bonds is 1. The molecule has 0 radical (unpaired) electrons. The van der Waals surface area contributed by atoms with Crippen molar-refractivity contribution in [3.63, 3.8) is 0 Å². The summed E-state index contributed by atoms with van der Waals surface area (Å²) >= 11 is 0. The van der Waals surface area contributed by atoms with Gasteiger partial charge >= 0.3 is 6.18 Å². The molecule has 2 heterocycles. The number of nitrogens with zero attached hydrogens (tertiary/aromatic N) is 1. The van der Waals surface area contributed by atoms with Crippen LogP contribution >= 0.6 is 0 Å². The fourth-order valence-electron chi connectivity index (χ4n) is 3.15. The molecule has 1 aromatic carbocycles. The molecule has 0 aliphatic carbocycles. The zero-order chi connectivity index (χ0) is 15.4. The van der Waals surface area contributed by atoms with Crippen LogP contribution in [-0.4, -0.2) is 16.2 Å². The second kappa shape index (κ2) is 4.66. The molecular weight excluding hydrogens is 281 g/mol. The van der Waals surface area contributed by atoms with Gasteiger partial charge in [-0.1, -0.05) is 26.0 Å². The third-order valence-corrected chi connectivity index (χ3v) is 4.17. The molecular formula is C15H17F3N2O. The molecule has 0 fully saturated rings. The fraction of sp³-hybridized carbons (Fsp3) is 0.467. The lowest BCUT2D eigenvalue weighted by atomic mass is 10.0. The first kappa shape index (κ1) is 14.3. The molecule has 0 amide bonds. The highest BCUT2D eigenvalue weighted by Gasteiger charge is 2.37. The first-order valence-corrected chi connectivity index (χ1v) is 6.95. The average Bonchev–Trinajstić information content (AvgIpc) is 2.71. The first-order valence-electron chi connectivity index (χ1n) is 6.95. The fourth-order valence-corrected chi connectivity index (χ4v) is 3.15. The van der Waals surface area contributed by atoms with E-state index in [1.165, 1.54) is 6.07 Å². The maximum atomic E-state index is 13.2. The lowest BCUT2D eigenvalue weighted by Gasteiger charge is -2.30. The van der Waals surface area contributed by atoms with Crippen LogP contribution in [0.4, 0.5) is 13.2 Å². The second-order valence-electron chi connectivity index (χ2n) is 5.81. The number of aromatic nitrogens is 1. The Kier molecular flexibility index (Phi) is 3.16. The zero-order valence-corrected chi connectivity index (χ0v) is 11.8. The minimum absolute atomic E-state index is 0.0535. The Bertz CT molecular complexity index is 688. The summed E-state index contributed by atoms with van der Waals surface area (Å²) in [6.45, 7) is 5.09. The molecule has 0 unspecified atom stereocenters. The van der Waals surface area contributed by atoms with Gasteiger partial charge in [0, 0.05) is 24.2 Å². The van der Waals surface area contributed by atoms with Crippen LogP contribution in [0.5, 0.6) is 5.88 Å². The monoisotopic (exact) mass is 298 g/mol. The number of alkyl halides is 3. The number of benzene rings is 1. The number of fused-ring (bicyclic) bond motifs is 3. The Morgan fingerprint density at radius 2 is 2.05 bits per heavy atom.